The lowest BCUT2D eigenvalue weighted by Crippen LogP contribution is -2.25. The van der Waals surface area contributed by atoms with Gasteiger partial charge in [0, 0.05) is 17.1 Å². The number of nitrogens with zero attached hydrogens (tertiary/aromatic N) is 1. The molecular weight excluding hydrogens is 332 g/mol. The molecule has 0 aliphatic heterocycles. The van der Waals surface area contributed by atoms with Crippen LogP contribution in [-0.2, 0) is 14.9 Å². The first kappa shape index (κ1) is 18.2. The Morgan fingerprint density at radius 1 is 1.25 bits per heavy atom. The first-order chi connectivity index (χ1) is 11.0. The van der Waals surface area contributed by atoms with Crippen molar-refractivity contribution in [2.24, 2.45) is 10.4 Å². The summed E-state index contributed by atoms with van der Waals surface area (Å²) < 4.78 is 31.1. The second-order valence-electron chi connectivity index (χ2n) is 6.51. The summed E-state index contributed by atoms with van der Waals surface area (Å²) in [5.41, 5.74) is 2.19. The van der Waals surface area contributed by atoms with Crippen LogP contribution in [0.1, 0.15) is 26.7 Å². The highest BCUT2D eigenvalue weighted by atomic mass is 32.2. The zero-order valence-electron chi connectivity index (χ0n) is 13.5. The summed E-state index contributed by atoms with van der Waals surface area (Å²) in [6.45, 7) is 3.87. The van der Waals surface area contributed by atoms with Crippen molar-refractivity contribution in [1.82, 2.24) is 0 Å². The minimum Gasteiger partial charge on any atom is -0.480 e. The number of carbonyl (C=O) groups is 1. The van der Waals surface area contributed by atoms with Gasteiger partial charge in [-0.25, -0.2) is 0 Å². The fraction of sp³-hybridized carbons (Fsp3) is 0.375. The smallest absolute Gasteiger partial charge is 0.325 e. The Labute approximate surface area is 140 Å². The molecule has 0 saturated heterocycles. The van der Waals surface area contributed by atoms with Gasteiger partial charge in [-0.3, -0.25) is 14.3 Å². The minimum atomic E-state index is -4.21. The Balaban J connectivity index is 2.20. The molecule has 8 heteroatoms. The molecule has 2 rings (SSSR count). The van der Waals surface area contributed by atoms with Crippen molar-refractivity contribution < 1.29 is 22.9 Å². The molecule has 0 heterocycles. The standard InChI is InChI=1S/C16H20N2O5S/c1-16(2)8-12(17-10-15(19)20)7-13(9-16)18-11-3-5-14(6-4-11)24(21,22)23/h3-7,18H,8-10H2,1-2H3,(H,19,20)(H,21,22,23). The summed E-state index contributed by atoms with van der Waals surface area (Å²) in [7, 11) is -4.21. The van der Waals surface area contributed by atoms with Gasteiger partial charge in [0.1, 0.15) is 6.54 Å². The van der Waals surface area contributed by atoms with E-state index < -0.39 is 16.1 Å². The number of hydrogen-bond donors (Lipinski definition) is 3. The van der Waals surface area contributed by atoms with Crippen LogP contribution >= 0.6 is 0 Å². The van der Waals surface area contributed by atoms with E-state index in [2.05, 4.69) is 24.2 Å². The minimum absolute atomic E-state index is 0.0667. The molecule has 0 radical (unpaired) electrons. The van der Waals surface area contributed by atoms with Crippen molar-refractivity contribution in [3.8, 4) is 0 Å². The molecule has 130 valence electrons. The van der Waals surface area contributed by atoms with Crippen molar-refractivity contribution >= 4 is 27.5 Å². The molecule has 3 N–H and O–H groups in total. The zero-order chi connectivity index (χ0) is 18.0. The van der Waals surface area contributed by atoms with E-state index in [4.69, 9.17) is 9.66 Å². The highest BCUT2D eigenvalue weighted by molar-refractivity contribution is 7.85. The van der Waals surface area contributed by atoms with Gasteiger partial charge < -0.3 is 10.4 Å². The van der Waals surface area contributed by atoms with Crippen LogP contribution in [0.3, 0.4) is 0 Å². The van der Waals surface area contributed by atoms with Crippen LogP contribution in [-0.4, -0.2) is 36.3 Å². The molecule has 1 aliphatic carbocycles. The molecule has 1 aliphatic rings. The molecule has 0 atom stereocenters. The summed E-state index contributed by atoms with van der Waals surface area (Å²) in [4.78, 5) is 14.6. The fourth-order valence-corrected chi connectivity index (χ4v) is 3.10. The van der Waals surface area contributed by atoms with Gasteiger partial charge in [-0.2, -0.15) is 8.42 Å². The number of aliphatic carboxylic acids is 1. The number of nitrogens with one attached hydrogen (secondary N) is 1. The van der Waals surface area contributed by atoms with Crippen molar-refractivity contribution in [2.75, 3.05) is 11.9 Å². The van der Waals surface area contributed by atoms with Gasteiger partial charge in [0.25, 0.3) is 10.1 Å². The summed E-state index contributed by atoms with van der Waals surface area (Å²) in [6.07, 6.45) is 3.26. The first-order valence-corrected chi connectivity index (χ1v) is 8.79. The predicted octanol–water partition coefficient (Wildman–Crippen LogP) is 2.57. The van der Waals surface area contributed by atoms with E-state index in [0.29, 0.717) is 17.8 Å². The van der Waals surface area contributed by atoms with E-state index in [9.17, 15) is 13.2 Å². The van der Waals surface area contributed by atoms with Crippen molar-refractivity contribution in [2.45, 2.75) is 31.6 Å². The molecule has 0 amide bonds. The number of carboxylic acids is 1. The van der Waals surface area contributed by atoms with Gasteiger partial charge in [0.2, 0.25) is 0 Å². The Bertz CT molecular complexity index is 792. The SMILES string of the molecule is CC1(C)CC(Nc2ccc(S(=O)(=O)O)cc2)=CC(=NCC(=O)O)C1. The molecule has 0 saturated carbocycles. The van der Waals surface area contributed by atoms with Gasteiger partial charge in [-0.15, -0.1) is 0 Å². The van der Waals surface area contributed by atoms with E-state index >= 15 is 0 Å². The summed E-state index contributed by atoms with van der Waals surface area (Å²) >= 11 is 0. The van der Waals surface area contributed by atoms with E-state index in [1.807, 2.05) is 6.08 Å². The molecule has 24 heavy (non-hydrogen) atoms. The Morgan fingerprint density at radius 3 is 2.42 bits per heavy atom. The third-order valence-electron chi connectivity index (χ3n) is 3.54. The lowest BCUT2D eigenvalue weighted by molar-refractivity contribution is -0.135. The van der Waals surface area contributed by atoms with Gasteiger partial charge in [-0.1, -0.05) is 13.8 Å². The predicted molar refractivity (Wildman–Crippen MR) is 90.9 cm³/mol. The highest BCUT2D eigenvalue weighted by Crippen LogP contribution is 2.34. The van der Waals surface area contributed by atoms with Crippen LogP contribution < -0.4 is 5.32 Å². The normalized spacial score (nSPS) is 19.0. The molecule has 0 unspecified atom stereocenters. The Morgan fingerprint density at radius 2 is 1.88 bits per heavy atom. The number of rotatable bonds is 5. The average Bonchev–Trinajstić information content (AvgIpc) is 2.43. The van der Waals surface area contributed by atoms with Crippen LogP contribution in [0.15, 0.2) is 45.9 Å². The zero-order valence-corrected chi connectivity index (χ0v) is 14.3. The Kier molecular flexibility index (Phi) is 5.10. The molecule has 0 spiro atoms. The molecule has 0 bridgehead atoms. The maximum atomic E-state index is 11.0. The van der Waals surface area contributed by atoms with Crippen LogP contribution in [0, 0.1) is 5.41 Å². The van der Waals surface area contributed by atoms with Crippen molar-refractivity contribution in [3.63, 3.8) is 0 Å². The average molecular weight is 352 g/mol. The first-order valence-electron chi connectivity index (χ1n) is 7.35. The van der Waals surface area contributed by atoms with E-state index in [1.165, 1.54) is 12.1 Å². The molecule has 0 fully saturated rings. The van der Waals surface area contributed by atoms with Crippen LogP contribution in [0.25, 0.3) is 0 Å². The second-order valence-corrected chi connectivity index (χ2v) is 7.93. The Hall–Kier alpha value is -2.19. The number of carboxylic acid groups (broad SMARTS) is 1. The number of hydrogen-bond acceptors (Lipinski definition) is 5. The fourth-order valence-electron chi connectivity index (χ4n) is 2.62. The summed E-state index contributed by atoms with van der Waals surface area (Å²) in [6, 6.07) is 5.73. The molecule has 1 aromatic rings. The quantitative estimate of drug-likeness (QED) is 0.701. The lowest BCUT2D eigenvalue weighted by Gasteiger charge is -2.31. The number of anilines is 1. The third kappa shape index (κ3) is 5.17. The molecule has 1 aromatic carbocycles. The second kappa shape index (κ2) is 6.74. The number of benzene rings is 1. The molecular formula is C16H20N2O5S. The van der Waals surface area contributed by atoms with Crippen LogP contribution in [0.5, 0.6) is 0 Å². The topological polar surface area (TPSA) is 116 Å². The summed E-state index contributed by atoms with van der Waals surface area (Å²) in [5.74, 6) is -0.977. The lowest BCUT2D eigenvalue weighted by atomic mass is 9.78. The van der Waals surface area contributed by atoms with E-state index in [1.54, 1.807) is 12.1 Å². The maximum absolute atomic E-state index is 11.0. The van der Waals surface area contributed by atoms with Gasteiger partial charge in [0.05, 0.1) is 4.90 Å². The highest BCUT2D eigenvalue weighted by Gasteiger charge is 2.26. The summed E-state index contributed by atoms with van der Waals surface area (Å²) in [5, 5.41) is 11.9. The van der Waals surface area contributed by atoms with E-state index in [-0.39, 0.29) is 16.9 Å². The van der Waals surface area contributed by atoms with Gasteiger partial charge in [-0.05, 0) is 48.6 Å². The maximum Gasteiger partial charge on any atom is 0.325 e. The third-order valence-corrected chi connectivity index (χ3v) is 4.41. The largest absolute Gasteiger partial charge is 0.480 e. The van der Waals surface area contributed by atoms with Gasteiger partial charge >= 0.3 is 5.97 Å². The van der Waals surface area contributed by atoms with Crippen molar-refractivity contribution in [3.05, 3.63) is 36.0 Å². The van der Waals surface area contributed by atoms with Gasteiger partial charge in [0.15, 0.2) is 0 Å². The van der Waals surface area contributed by atoms with E-state index in [0.717, 1.165) is 12.1 Å². The van der Waals surface area contributed by atoms with Crippen LogP contribution in [0.2, 0.25) is 0 Å². The number of allylic oxidation sites excluding steroid dienone is 2. The van der Waals surface area contributed by atoms with Crippen LogP contribution in [0.4, 0.5) is 5.69 Å². The van der Waals surface area contributed by atoms with Crippen molar-refractivity contribution in [1.29, 1.82) is 0 Å². The number of aliphatic imine (C=N–C) groups is 1. The monoisotopic (exact) mass is 352 g/mol. The molecule has 0 aromatic heterocycles. The molecule has 7 nitrogen and oxygen atoms in total.